The number of thioether (sulfide) groups is 1. The molecule has 1 atom stereocenters. The van der Waals surface area contributed by atoms with Crippen LogP contribution in [0.2, 0.25) is 0 Å². The molecule has 0 aromatic heterocycles. The van der Waals surface area contributed by atoms with Crippen molar-refractivity contribution in [3.8, 4) is 11.5 Å². The highest BCUT2D eigenvalue weighted by Gasteiger charge is 2.32. The summed E-state index contributed by atoms with van der Waals surface area (Å²) in [7, 11) is 1.56. The largest absolute Gasteiger partial charge is 0.493 e. The number of carbonyl (C=O) groups excluding carboxylic acids is 1. The number of methoxy groups -OCH3 is 1. The van der Waals surface area contributed by atoms with E-state index in [-0.39, 0.29) is 17.5 Å². The van der Waals surface area contributed by atoms with Gasteiger partial charge in [0.25, 0.3) is 0 Å². The van der Waals surface area contributed by atoms with Gasteiger partial charge in [-0.2, -0.15) is 5.10 Å². The van der Waals surface area contributed by atoms with Crippen LogP contribution in [0.25, 0.3) is 0 Å². The minimum absolute atomic E-state index is 0.266. The molecule has 0 bridgehead atoms. The third-order valence-electron chi connectivity index (χ3n) is 3.99. The Morgan fingerprint density at radius 1 is 1.27 bits per heavy atom. The van der Waals surface area contributed by atoms with Crippen LogP contribution < -0.4 is 14.8 Å². The number of carbonyl (C=O) groups is 2. The minimum Gasteiger partial charge on any atom is -0.493 e. The van der Waals surface area contributed by atoms with Crippen LogP contribution in [0.1, 0.15) is 17.5 Å². The lowest BCUT2D eigenvalue weighted by atomic mass is 10.2. The second kappa shape index (κ2) is 10.3. The highest BCUT2D eigenvalue weighted by atomic mass is 79.9. The molecule has 0 aliphatic carbocycles. The number of amidine groups is 1. The standard InChI is InChI=1S/C20H18BrN3O5S/c1-28-15-7-4-13(8-16(15)29-11-12-2-5-14(21)6-3-12)10-22-24-20-23-19(27)17(30-20)9-18(25)26/h2-8,10,17H,9,11H2,1H3,(H,25,26)(H,23,24,27)/b22-10+. The summed E-state index contributed by atoms with van der Waals surface area (Å²) in [6, 6.07) is 13.1. The Bertz CT molecular complexity index is 994. The van der Waals surface area contributed by atoms with Gasteiger partial charge in [-0.05, 0) is 41.5 Å². The first kappa shape index (κ1) is 21.8. The molecule has 1 fully saturated rings. The van der Waals surface area contributed by atoms with Crippen molar-refractivity contribution < 1.29 is 24.2 Å². The number of nitrogens with zero attached hydrogens (tertiary/aromatic N) is 2. The maximum atomic E-state index is 11.7. The predicted octanol–water partition coefficient (Wildman–Crippen LogP) is 3.43. The Morgan fingerprint density at radius 3 is 2.73 bits per heavy atom. The van der Waals surface area contributed by atoms with Crippen LogP contribution >= 0.6 is 27.7 Å². The Balaban J connectivity index is 1.66. The maximum Gasteiger partial charge on any atom is 0.305 e. The summed E-state index contributed by atoms with van der Waals surface area (Å²) in [5.74, 6) is -0.279. The van der Waals surface area contributed by atoms with E-state index < -0.39 is 11.2 Å². The van der Waals surface area contributed by atoms with Gasteiger partial charge in [0.2, 0.25) is 5.91 Å². The molecule has 1 amide bonds. The van der Waals surface area contributed by atoms with E-state index in [9.17, 15) is 9.59 Å². The van der Waals surface area contributed by atoms with Crippen LogP contribution in [0.5, 0.6) is 11.5 Å². The van der Waals surface area contributed by atoms with E-state index in [2.05, 4.69) is 31.4 Å². The number of amides is 1. The number of hydrogen-bond donors (Lipinski definition) is 2. The molecule has 10 heteroatoms. The Labute approximate surface area is 185 Å². The van der Waals surface area contributed by atoms with Crippen LogP contribution in [0.4, 0.5) is 0 Å². The molecular weight excluding hydrogens is 474 g/mol. The molecule has 0 saturated carbocycles. The molecular formula is C20H18BrN3O5S. The summed E-state index contributed by atoms with van der Waals surface area (Å²) in [5, 5.41) is 18.8. The summed E-state index contributed by atoms with van der Waals surface area (Å²) in [6.07, 6.45) is 1.24. The Hall–Kier alpha value is -2.85. The number of hydrogen-bond acceptors (Lipinski definition) is 7. The van der Waals surface area contributed by atoms with E-state index in [1.807, 2.05) is 24.3 Å². The summed E-state index contributed by atoms with van der Waals surface area (Å²) < 4.78 is 12.2. The van der Waals surface area contributed by atoms with E-state index >= 15 is 0 Å². The molecule has 0 spiro atoms. The lowest BCUT2D eigenvalue weighted by Gasteiger charge is -2.11. The summed E-state index contributed by atoms with van der Waals surface area (Å²) in [5.41, 5.74) is 1.73. The summed E-state index contributed by atoms with van der Waals surface area (Å²) in [6.45, 7) is 0.375. The van der Waals surface area contributed by atoms with Crippen molar-refractivity contribution >= 4 is 51.0 Å². The maximum absolute atomic E-state index is 11.7. The zero-order chi connectivity index (χ0) is 21.5. The van der Waals surface area contributed by atoms with Crippen molar-refractivity contribution in [2.75, 3.05) is 7.11 Å². The molecule has 30 heavy (non-hydrogen) atoms. The van der Waals surface area contributed by atoms with Gasteiger partial charge in [-0.3, -0.25) is 9.59 Å². The number of carboxylic acids is 1. The van der Waals surface area contributed by atoms with E-state index in [1.54, 1.807) is 25.3 Å². The fourth-order valence-corrected chi connectivity index (χ4v) is 3.70. The van der Waals surface area contributed by atoms with E-state index in [0.29, 0.717) is 18.1 Å². The quantitative estimate of drug-likeness (QED) is 0.432. The molecule has 156 valence electrons. The molecule has 8 nitrogen and oxygen atoms in total. The summed E-state index contributed by atoms with van der Waals surface area (Å²) in [4.78, 5) is 22.5. The molecule has 1 saturated heterocycles. The predicted molar refractivity (Wildman–Crippen MR) is 118 cm³/mol. The van der Waals surface area contributed by atoms with Gasteiger partial charge in [-0.1, -0.05) is 39.8 Å². The Kier molecular flexibility index (Phi) is 7.47. The first-order valence-corrected chi connectivity index (χ1v) is 10.5. The van der Waals surface area contributed by atoms with Gasteiger partial charge in [0.05, 0.1) is 19.7 Å². The molecule has 3 rings (SSSR count). The number of halogens is 1. The van der Waals surface area contributed by atoms with Crippen LogP contribution in [-0.4, -0.2) is 40.7 Å². The molecule has 1 aliphatic rings. The molecule has 2 aromatic carbocycles. The molecule has 2 N–H and O–H groups in total. The number of nitrogens with one attached hydrogen (secondary N) is 1. The van der Waals surface area contributed by atoms with Crippen molar-refractivity contribution in [1.29, 1.82) is 0 Å². The molecule has 2 aromatic rings. The lowest BCUT2D eigenvalue weighted by Crippen LogP contribution is -2.26. The fourth-order valence-electron chi connectivity index (χ4n) is 2.52. The second-order valence-electron chi connectivity index (χ2n) is 6.17. The molecule has 1 heterocycles. The molecule has 1 aliphatic heterocycles. The van der Waals surface area contributed by atoms with Gasteiger partial charge in [0.1, 0.15) is 11.9 Å². The van der Waals surface area contributed by atoms with Crippen LogP contribution in [0, 0.1) is 0 Å². The first-order chi connectivity index (χ1) is 14.4. The molecule has 0 radical (unpaired) electrons. The zero-order valence-corrected chi connectivity index (χ0v) is 18.3. The van der Waals surface area contributed by atoms with E-state index in [4.69, 9.17) is 14.6 Å². The van der Waals surface area contributed by atoms with Crippen molar-refractivity contribution in [3.63, 3.8) is 0 Å². The normalized spacial score (nSPS) is 17.3. The Morgan fingerprint density at radius 2 is 2.03 bits per heavy atom. The van der Waals surface area contributed by atoms with Gasteiger partial charge in [-0.25, -0.2) is 0 Å². The average molecular weight is 492 g/mol. The number of carboxylic acid groups (broad SMARTS) is 1. The minimum atomic E-state index is -1.04. The zero-order valence-electron chi connectivity index (χ0n) is 15.9. The highest BCUT2D eigenvalue weighted by molar-refractivity contribution is 9.10. The number of aliphatic carboxylic acids is 1. The third-order valence-corrected chi connectivity index (χ3v) is 5.59. The summed E-state index contributed by atoms with van der Waals surface area (Å²) >= 11 is 4.45. The fraction of sp³-hybridized carbons (Fsp3) is 0.200. The van der Waals surface area contributed by atoms with Crippen LogP contribution in [0.3, 0.4) is 0 Å². The van der Waals surface area contributed by atoms with Gasteiger partial charge < -0.3 is 19.9 Å². The van der Waals surface area contributed by atoms with Gasteiger partial charge in [0, 0.05) is 4.47 Å². The monoisotopic (exact) mass is 491 g/mol. The number of ether oxygens (including phenoxy) is 2. The van der Waals surface area contributed by atoms with Gasteiger partial charge in [-0.15, -0.1) is 5.10 Å². The van der Waals surface area contributed by atoms with Crippen molar-refractivity contribution in [2.24, 2.45) is 10.2 Å². The number of rotatable bonds is 8. The van der Waals surface area contributed by atoms with E-state index in [0.717, 1.165) is 27.4 Å². The van der Waals surface area contributed by atoms with Crippen LogP contribution in [-0.2, 0) is 16.2 Å². The number of benzene rings is 2. The first-order valence-electron chi connectivity index (χ1n) is 8.80. The van der Waals surface area contributed by atoms with Gasteiger partial charge in [0.15, 0.2) is 16.7 Å². The SMILES string of the molecule is COc1ccc(/C=N/N=C2\NC(=O)C(CC(=O)O)S2)cc1OCc1ccc(Br)cc1. The third kappa shape index (κ3) is 6.07. The van der Waals surface area contributed by atoms with Crippen molar-refractivity contribution in [2.45, 2.75) is 18.3 Å². The van der Waals surface area contributed by atoms with Crippen LogP contribution in [0.15, 0.2) is 57.1 Å². The van der Waals surface area contributed by atoms with E-state index in [1.165, 1.54) is 6.21 Å². The van der Waals surface area contributed by atoms with Crippen molar-refractivity contribution in [1.82, 2.24) is 5.32 Å². The van der Waals surface area contributed by atoms with Crippen molar-refractivity contribution in [3.05, 3.63) is 58.1 Å². The smallest absolute Gasteiger partial charge is 0.305 e. The average Bonchev–Trinajstić information content (AvgIpc) is 3.06. The lowest BCUT2D eigenvalue weighted by molar-refractivity contribution is -0.138. The molecule has 1 unspecified atom stereocenters. The second-order valence-corrected chi connectivity index (χ2v) is 8.28. The van der Waals surface area contributed by atoms with Gasteiger partial charge >= 0.3 is 5.97 Å². The highest BCUT2D eigenvalue weighted by Crippen LogP contribution is 2.28. The topological polar surface area (TPSA) is 110 Å².